The summed E-state index contributed by atoms with van der Waals surface area (Å²) in [4.78, 5) is 39.1. The van der Waals surface area contributed by atoms with Gasteiger partial charge in [-0.05, 0) is 43.0 Å². The molecule has 27 heavy (non-hydrogen) atoms. The average molecular weight is 370 g/mol. The minimum absolute atomic E-state index is 0.0241. The van der Waals surface area contributed by atoms with E-state index in [-0.39, 0.29) is 47.6 Å². The molecule has 2 amide bonds. The van der Waals surface area contributed by atoms with E-state index in [9.17, 15) is 14.4 Å². The van der Waals surface area contributed by atoms with Crippen LogP contribution >= 0.6 is 0 Å². The summed E-state index contributed by atoms with van der Waals surface area (Å²) in [5.74, 6) is -0.477. The molecule has 7 nitrogen and oxygen atoms in total. The number of rotatable bonds is 3. The predicted molar refractivity (Wildman–Crippen MR) is 94.9 cm³/mol. The van der Waals surface area contributed by atoms with Crippen LogP contribution in [0.1, 0.15) is 23.2 Å². The van der Waals surface area contributed by atoms with Crippen LogP contribution in [0, 0.1) is 23.7 Å². The number of nitrogens with zero attached hydrogens (tertiary/aromatic N) is 1. The highest BCUT2D eigenvalue weighted by molar-refractivity contribution is 5.98. The third-order valence-electron chi connectivity index (χ3n) is 6.48. The number of anilines is 1. The molecule has 2 aliphatic heterocycles. The van der Waals surface area contributed by atoms with Gasteiger partial charge in [-0.2, -0.15) is 0 Å². The van der Waals surface area contributed by atoms with Crippen LogP contribution in [-0.4, -0.2) is 55.1 Å². The van der Waals surface area contributed by atoms with E-state index >= 15 is 0 Å². The maximum Gasteiger partial charge on any atom is 0.310 e. The smallest absolute Gasteiger partial charge is 0.310 e. The fourth-order valence-electron chi connectivity index (χ4n) is 5.23. The van der Waals surface area contributed by atoms with Crippen molar-refractivity contribution in [2.24, 2.45) is 23.7 Å². The number of hydrogen-bond acceptors (Lipinski definition) is 5. The van der Waals surface area contributed by atoms with E-state index in [1.54, 1.807) is 29.2 Å². The molecule has 0 radical (unpaired) electrons. The molecule has 2 bridgehead atoms. The molecule has 4 fully saturated rings. The van der Waals surface area contributed by atoms with Crippen molar-refractivity contribution in [3.63, 3.8) is 0 Å². The number of carbonyl (C=O) groups is 3. The van der Waals surface area contributed by atoms with Crippen molar-refractivity contribution in [3.8, 4) is 0 Å². The summed E-state index contributed by atoms with van der Waals surface area (Å²) < 4.78 is 10.7. The zero-order valence-corrected chi connectivity index (χ0v) is 14.9. The van der Waals surface area contributed by atoms with Crippen molar-refractivity contribution in [3.05, 3.63) is 29.8 Å². The van der Waals surface area contributed by atoms with Crippen LogP contribution in [0.25, 0.3) is 0 Å². The fraction of sp³-hybridized carbons (Fsp3) is 0.550. The molecule has 2 heterocycles. The van der Waals surface area contributed by atoms with Gasteiger partial charge in [0.15, 0.2) is 0 Å². The molecule has 2 aliphatic carbocycles. The molecule has 7 heteroatoms. The lowest BCUT2D eigenvalue weighted by Gasteiger charge is -2.27. The molecule has 0 spiro atoms. The highest BCUT2D eigenvalue weighted by atomic mass is 16.6. The Balaban J connectivity index is 1.25. The fourth-order valence-corrected chi connectivity index (χ4v) is 5.23. The van der Waals surface area contributed by atoms with Gasteiger partial charge in [0.05, 0.1) is 25.0 Å². The van der Waals surface area contributed by atoms with Gasteiger partial charge in [0.25, 0.3) is 5.91 Å². The SMILES string of the molecule is O=C(Nc1ccc(C(=O)N2CCOCC2)cc1)[C@H]1[C@H]2C[C@H]3[C@@H]1C(=O)O[C@H]3C2. The maximum atomic E-state index is 12.8. The number of nitrogens with one attached hydrogen (secondary N) is 1. The summed E-state index contributed by atoms with van der Waals surface area (Å²) in [5, 5.41) is 2.93. The molecule has 0 unspecified atom stereocenters. The zero-order valence-electron chi connectivity index (χ0n) is 14.9. The molecule has 5 atom stereocenters. The van der Waals surface area contributed by atoms with Gasteiger partial charge >= 0.3 is 5.97 Å². The Morgan fingerprint density at radius 3 is 2.56 bits per heavy atom. The minimum Gasteiger partial charge on any atom is -0.462 e. The number of morpholine rings is 1. The Labute approximate surface area is 157 Å². The van der Waals surface area contributed by atoms with Gasteiger partial charge in [-0.15, -0.1) is 0 Å². The van der Waals surface area contributed by atoms with Crippen LogP contribution in [-0.2, 0) is 19.1 Å². The first kappa shape index (κ1) is 16.7. The molecule has 1 N–H and O–H groups in total. The van der Waals surface area contributed by atoms with Gasteiger partial charge in [-0.3, -0.25) is 14.4 Å². The molecule has 4 aliphatic rings. The van der Waals surface area contributed by atoms with Crippen molar-refractivity contribution in [1.29, 1.82) is 0 Å². The lowest BCUT2D eigenvalue weighted by atomic mass is 9.79. The lowest BCUT2D eigenvalue weighted by molar-refractivity contribution is -0.145. The lowest BCUT2D eigenvalue weighted by Crippen LogP contribution is -2.40. The standard InChI is InChI=1S/C20H22N2O5/c23-18(16-12-9-14-15(10-12)27-20(25)17(14)16)21-13-3-1-11(2-4-13)19(24)22-5-7-26-8-6-22/h1-4,12,14-17H,5-10H2,(H,21,23)/t12-,14+,15-,16-,17-/m0/s1. The van der Waals surface area contributed by atoms with Crippen LogP contribution in [0.5, 0.6) is 0 Å². The Bertz CT molecular complexity index is 784. The number of benzene rings is 1. The monoisotopic (exact) mass is 370 g/mol. The van der Waals surface area contributed by atoms with Crippen molar-refractivity contribution < 1.29 is 23.9 Å². The van der Waals surface area contributed by atoms with Crippen LogP contribution in [0.4, 0.5) is 5.69 Å². The first-order valence-corrected chi connectivity index (χ1v) is 9.60. The molecule has 0 aromatic heterocycles. The summed E-state index contributed by atoms with van der Waals surface area (Å²) >= 11 is 0. The number of esters is 1. The van der Waals surface area contributed by atoms with Crippen molar-refractivity contribution in [1.82, 2.24) is 4.90 Å². The first-order chi connectivity index (χ1) is 13.1. The Hall–Kier alpha value is -2.41. The second-order valence-electron chi connectivity index (χ2n) is 7.89. The van der Waals surface area contributed by atoms with Gasteiger partial charge in [0.2, 0.25) is 5.91 Å². The second kappa shape index (κ2) is 6.34. The maximum absolute atomic E-state index is 12.8. The van der Waals surface area contributed by atoms with E-state index in [2.05, 4.69) is 5.32 Å². The Kier molecular flexibility index (Phi) is 3.93. The number of hydrogen-bond donors (Lipinski definition) is 1. The predicted octanol–water partition coefficient (Wildman–Crippen LogP) is 1.30. The van der Waals surface area contributed by atoms with Gasteiger partial charge in [0, 0.05) is 30.3 Å². The number of fused-ring (bicyclic) bond motifs is 1. The summed E-state index contributed by atoms with van der Waals surface area (Å²) in [7, 11) is 0. The number of amides is 2. The van der Waals surface area contributed by atoms with Crippen LogP contribution in [0.3, 0.4) is 0 Å². The van der Waals surface area contributed by atoms with Gasteiger partial charge in [-0.1, -0.05) is 0 Å². The summed E-state index contributed by atoms with van der Waals surface area (Å²) in [6, 6.07) is 6.95. The van der Waals surface area contributed by atoms with Crippen LogP contribution in [0.15, 0.2) is 24.3 Å². The summed E-state index contributed by atoms with van der Waals surface area (Å²) in [6.45, 7) is 2.32. The Morgan fingerprint density at radius 2 is 1.81 bits per heavy atom. The molecule has 2 saturated heterocycles. The first-order valence-electron chi connectivity index (χ1n) is 9.60. The van der Waals surface area contributed by atoms with Crippen LogP contribution in [0.2, 0.25) is 0 Å². The second-order valence-corrected chi connectivity index (χ2v) is 7.89. The molecule has 5 rings (SSSR count). The van der Waals surface area contributed by atoms with E-state index in [1.165, 1.54) is 0 Å². The third-order valence-corrected chi connectivity index (χ3v) is 6.48. The number of carbonyl (C=O) groups excluding carboxylic acids is 3. The van der Waals surface area contributed by atoms with Gasteiger partial charge < -0.3 is 19.7 Å². The van der Waals surface area contributed by atoms with E-state index in [0.29, 0.717) is 37.6 Å². The van der Waals surface area contributed by atoms with Crippen molar-refractivity contribution >= 4 is 23.5 Å². The van der Waals surface area contributed by atoms with Gasteiger partial charge in [-0.25, -0.2) is 0 Å². The zero-order chi connectivity index (χ0) is 18.5. The van der Waals surface area contributed by atoms with Gasteiger partial charge in [0.1, 0.15) is 6.10 Å². The minimum atomic E-state index is -0.295. The topological polar surface area (TPSA) is 84.9 Å². The van der Waals surface area contributed by atoms with E-state index in [1.807, 2.05) is 0 Å². The summed E-state index contributed by atoms with van der Waals surface area (Å²) in [5.41, 5.74) is 1.24. The summed E-state index contributed by atoms with van der Waals surface area (Å²) in [6.07, 6.45) is 1.74. The largest absolute Gasteiger partial charge is 0.462 e. The highest BCUT2D eigenvalue weighted by Crippen LogP contribution is 2.57. The number of ether oxygens (including phenoxy) is 2. The molecular weight excluding hydrogens is 348 g/mol. The normalized spacial score (nSPS) is 33.9. The van der Waals surface area contributed by atoms with Crippen molar-refractivity contribution in [2.45, 2.75) is 18.9 Å². The van der Waals surface area contributed by atoms with E-state index in [4.69, 9.17) is 9.47 Å². The Morgan fingerprint density at radius 1 is 1.07 bits per heavy atom. The van der Waals surface area contributed by atoms with Crippen molar-refractivity contribution in [2.75, 3.05) is 31.6 Å². The van der Waals surface area contributed by atoms with E-state index in [0.717, 1.165) is 12.8 Å². The quantitative estimate of drug-likeness (QED) is 0.811. The molecular formula is C20H22N2O5. The average Bonchev–Trinajstić information content (AvgIpc) is 3.31. The molecule has 142 valence electrons. The highest BCUT2D eigenvalue weighted by Gasteiger charge is 2.63. The van der Waals surface area contributed by atoms with Crippen LogP contribution < -0.4 is 5.32 Å². The molecule has 1 aromatic carbocycles. The molecule has 2 saturated carbocycles. The molecule has 1 aromatic rings. The third kappa shape index (κ3) is 2.72. The van der Waals surface area contributed by atoms with E-state index < -0.39 is 0 Å².